The van der Waals surface area contributed by atoms with E-state index in [4.69, 9.17) is 0 Å². The van der Waals surface area contributed by atoms with E-state index in [-0.39, 0.29) is 0 Å². The van der Waals surface area contributed by atoms with Crippen molar-refractivity contribution >= 4 is 38.9 Å². The van der Waals surface area contributed by atoms with Crippen LogP contribution in [0.4, 0.5) is 17.1 Å². The van der Waals surface area contributed by atoms with E-state index in [9.17, 15) is 0 Å². The molecule has 0 saturated heterocycles. The molecule has 0 fully saturated rings. The summed E-state index contributed by atoms with van der Waals surface area (Å²) >= 11 is 0. The van der Waals surface area contributed by atoms with Crippen molar-refractivity contribution in [2.45, 2.75) is 0 Å². The minimum absolute atomic E-state index is 1.08. The highest BCUT2D eigenvalue weighted by molar-refractivity contribution is 6.17. The number of rotatable bonds is 9. The summed E-state index contributed by atoms with van der Waals surface area (Å²) in [6.07, 6.45) is 0. The van der Waals surface area contributed by atoms with Gasteiger partial charge in [0.05, 0.1) is 22.4 Å². The lowest BCUT2D eigenvalue weighted by atomic mass is 9.94. The number of hydrogen-bond acceptors (Lipinski definition) is 1. The Bertz CT molecular complexity index is 3300. The average Bonchev–Trinajstić information content (AvgIpc) is 3.70. The molecule has 0 unspecified atom stereocenters. The largest absolute Gasteiger partial charge is 0.309 e. The second-order valence-corrected chi connectivity index (χ2v) is 15.7. The van der Waals surface area contributed by atoms with Gasteiger partial charge in [0.2, 0.25) is 0 Å². The van der Waals surface area contributed by atoms with Crippen molar-refractivity contribution in [1.29, 1.82) is 0 Å². The highest BCUT2D eigenvalue weighted by Gasteiger charge is 2.24. The molecule has 62 heavy (non-hydrogen) atoms. The van der Waals surface area contributed by atoms with Gasteiger partial charge in [0.1, 0.15) is 0 Å². The summed E-state index contributed by atoms with van der Waals surface area (Å²) in [6.45, 7) is 0. The van der Waals surface area contributed by atoms with Crippen LogP contribution in [0, 0.1) is 0 Å². The highest BCUT2D eigenvalue weighted by atomic mass is 15.2. The van der Waals surface area contributed by atoms with Crippen molar-refractivity contribution in [3.05, 3.63) is 255 Å². The predicted octanol–water partition coefficient (Wildman–Crippen LogP) is 16.6. The van der Waals surface area contributed by atoms with Crippen molar-refractivity contribution in [3.8, 4) is 61.3 Å². The predicted molar refractivity (Wildman–Crippen MR) is 263 cm³/mol. The molecule has 0 bridgehead atoms. The summed E-state index contributed by atoms with van der Waals surface area (Å²) < 4.78 is 2.43. The van der Waals surface area contributed by atoms with E-state index in [0.717, 1.165) is 50.5 Å². The molecule has 11 aromatic rings. The molecular formula is C60H42N2. The first kappa shape index (κ1) is 36.8. The molecule has 1 aromatic heterocycles. The Morgan fingerprint density at radius 2 is 0.726 bits per heavy atom. The van der Waals surface area contributed by atoms with Crippen LogP contribution in [0.25, 0.3) is 83.1 Å². The molecular weight excluding hydrogens is 749 g/mol. The number of nitrogens with zero attached hydrogens (tertiary/aromatic N) is 2. The zero-order valence-electron chi connectivity index (χ0n) is 34.1. The molecule has 0 atom stereocenters. The minimum Gasteiger partial charge on any atom is -0.309 e. The fraction of sp³-hybridized carbons (Fsp3) is 0. The highest BCUT2D eigenvalue weighted by Crippen LogP contribution is 2.48. The fourth-order valence-electron chi connectivity index (χ4n) is 9.09. The smallest absolute Gasteiger partial charge is 0.0562 e. The first-order chi connectivity index (χ1) is 30.8. The zero-order chi connectivity index (χ0) is 41.2. The van der Waals surface area contributed by atoms with E-state index >= 15 is 0 Å². The molecule has 0 amide bonds. The number of aromatic nitrogens is 1. The second-order valence-electron chi connectivity index (χ2n) is 15.7. The van der Waals surface area contributed by atoms with Gasteiger partial charge in [0.15, 0.2) is 0 Å². The summed E-state index contributed by atoms with van der Waals surface area (Å²) in [5.74, 6) is 0. The van der Waals surface area contributed by atoms with Crippen molar-refractivity contribution in [3.63, 3.8) is 0 Å². The summed E-state index contributed by atoms with van der Waals surface area (Å²) in [4.78, 5) is 2.48. The van der Waals surface area contributed by atoms with Gasteiger partial charge in [-0.15, -0.1) is 0 Å². The molecule has 0 aliphatic rings. The maximum absolute atomic E-state index is 2.48. The Morgan fingerprint density at radius 3 is 1.35 bits per heavy atom. The molecule has 1 heterocycles. The maximum Gasteiger partial charge on any atom is 0.0562 e. The SMILES string of the molecule is c1ccc(-c2ccc(N(c3cc(-c4ccccc4)ccc3-c3ccccc3)c3cccc4c3c3ccccc3n4-c3ccc(-c4ccccc4-c4ccccc4)cc3)cc2)cc1. The first-order valence-corrected chi connectivity index (χ1v) is 21.3. The Hall–Kier alpha value is -8.20. The van der Waals surface area contributed by atoms with E-state index in [1.54, 1.807) is 0 Å². The number of anilines is 3. The number of benzene rings is 10. The lowest BCUT2D eigenvalue weighted by molar-refractivity contribution is 1.18. The number of para-hydroxylation sites is 1. The van der Waals surface area contributed by atoms with Gasteiger partial charge in [-0.2, -0.15) is 0 Å². The van der Waals surface area contributed by atoms with Crippen molar-refractivity contribution in [2.75, 3.05) is 4.90 Å². The van der Waals surface area contributed by atoms with E-state index in [2.05, 4.69) is 264 Å². The van der Waals surface area contributed by atoms with Crippen molar-refractivity contribution < 1.29 is 0 Å². The van der Waals surface area contributed by atoms with E-state index < -0.39 is 0 Å². The minimum atomic E-state index is 1.08. The van der Waals surface area contributed by atoms with Gasteiger partial charge in [-0.3, -0.25) is 0 Å². The van der Waals surface area contributed by atoms with Crippen LogP contribution in [-0.2, 0) is 0 Å². The number of fused-ring (bicyclic) bond motifs is 3. The van der Waals surface area contributed by atoms with Gasteiger partial charge in [-0.05, 0) is 98.6 Å². The molecule has 10 aromatic carbocycles. The van der Waals surface area contributed by atoms with Crippen LogP contribution in [0.3, 0.4) is 0 Å². The normalized spacial score (nSPS) is 11.2. The van der Waals surface area contributed by atoms with Crippen LogP contribution >= 0.6 is 0 Å². The average molecular weight is 791 g/mol. The molecule has 0 aliphatic carbocycles. The topological polar surface area (TPSA) is 8.17 Å². The molecule has 11 rings (SSSR count). The molecule has 0 N–H and O–H groups in total. The standard InChI is InChI=1S/C60H42N2/c1-5-18-43(19-6-1)45-32-37-51(38-33-45)62(59-42-49(44-20-7-2-8-21-44)36-41-54(59)47-24-11-4-12-25-47)58-31-17-30-57-60(58)55-28-15-16-29-56(55)61(57)50-39-34-48(35-40-50)53-27-14-13-26-52(53)46-22-9-3-10-23-46/h1-42H. The molecule has 0 spiro atoms. The molecule has 0 aliphatic heterocycles. The Balaban J connectivity index is 1.13. The van der Waals surface area contributed by atoms with Crippen molar-refractivity contribution in [2.24, 2.45) is 0 Å². The summed E-state index contributed by atoms with van der Waals surface area (Å²) in [6, 6.07) is 92.1. The molecule has 292 valence electrons. The van der Waals surface area contributed by atoms with Gasteiger partial charge in [-0.25, -0.2) is 0 Å². The van der Waals surface area contributed by atoms with E-state index in [1.165, 1.54) is 49.7 Å². The van der Waals surface area contributed by atoms with Crippen LogP contribution in [0.5, 0.6) is 0 Å². The lowest BCUT2D eigenvalue weighted by Gasteiger charge is -2.29. The molecule has 0 radical (unpaired) electrons. The third-order valence-corrected chi connectivity index (χ3v) is 12.0. The van der Waals surface area contributed by atoms with Gasteiger partial charge in [0, 0.05) is 27.7 Å². The van der Waals surface area contributed by atoms with Crippen LogP contribution in [-0.4, -0.2) is 4.57 Å². The Kier molecular flexibility index (Phi) is 9.57. The van der Waals surface area contributed by atoms with Gasteiger partial charge in [0.25, 0.3) is 0 Å². The molecule has 0 saturated carbocycles. The first-order valence-electron chi connectivity index (χ1n) is 21.3. The van der Waals surface area contributed by atoms with E-state index in [1.807, 2.05) is 0 Å². The summed E-state index contributed by atoms with van der Waals surface area (Å²) in [5.41, 5.74) is 18.6. The fourth-order valence-corrected chi connectivity index (χ4v) is 9.09. The quantitative estimate of drug-likeness (QED) is 0.141. The van der Waals surface area contributed by atoms with Gasteiger partial charge >= 0.3 is 0 Å². The molecule has 2 nitrogen and oxygen atoms in total. The maximum atomic E-state index is 2.48. The summed E-state index contributed by atoms with van der Waals surface area (Å²) in [7, 11) is 0. The lowest BCUT2D eigenvalue weighted by Crippen LogP contribution is -2.12. The molecule has 2 heteroatoms. The monoisotopic (exact) mass is 790 g/mol. The number of hydrogen-bond donors (Lipinski definition) is 0. The van der Waals surface area contributed by atoms with Crippen LogP contribution in [0.2, 0.25) is 0 Å². The van der Waals surface area contributed by atoms with Gasteiger partial charge < -0.3 is 9.47 Å². The Morgan fingerprint density at radius 1 is 0.274 bits per heavy atom. The van der Waals surface area contributed by atoms with Crippen LogP contribution < -0.4 is 4.90 Å². The third-order valence-electron chi connectivity index (χ3n) is 12.0. The van der Waals surface area contributed by atoms with Crippen molar-refractivity contribution in [1.82, 2.24) is 4.57 Å². The van der Waals surface area contributed by atoms with E-state index in [0.29, 0.717) is 0 Å². The van der Waals surface area contributed by atoms with Crippen LogP contribution in [0.15, 0.2) is 255 Å². The zero-order valence-corrected chi connectivity index (χ0v) is 34.1. The Labute approximate surface area is 362 Å². The summed E-state index contributed by atoms with van der Waals surface area (Å²) in [5, 5.41) is 2.39. The third kappa shape index (κ3) is 6.74. The van der Waals surface area contributed by atoms with Crippen LogP contribution in [0.1, 0.15) is 0 Å². The van der Waals surface area contributed by atoms with Gasteiger partial charge in [-0.1, -0.05) is 206 Å². The second kappa shape index (κ2) is 16.1.